The van der Waals surface area contributed by atoms with E-state index in [1.165, 1.54) is 32.4 Å². The SMILES string of the molecule is COCCN1CCCC(C)CC1. The summed E-state index contributed by atoms with van der Waals surface area (Å²) in [5, 5.41) is 0. The van der Waals surface area contributed by atoms with Gasteiger partial charge in [0.2, 0.25) is 0 Å². The van der Waals surface area contributed by atoms with E-state index >= 15 is 0 Å². The Bertz CT molecular complexity index is 114. The van der Waals surface area contributed by atoms with Crippen LogP contribution in [-0.2, 0) is 4.74 Å². The van der Waals surface area contributed by atoms with Crippen molar-refractivity contribution in [2.24, 2.45) is 5.92 Å². The molecule has 2 heteroatoms. The molecule has 0 aromatic rings. The summed E-state index contributed by atoms with van der Waals surface area (Å²) in [7, 11) is 1.78. The van der Waals surface area contributed by atoms with Crippen molar-refractivity contribution in [3.05, 3.63) is 0 Å². The normalized spacial score (nSPS) is 27.0. The van der Waals surface area contributed by atoms with Gasteiger partial charge in [-0.25, -0.2) is 0 Å². The standard InChI is InChI=1S/C10H21NO/c1-10-4-3-6-11(7-5-10)8-9-12-2/h10H,3-9H2,1-2H3. The Hall–Kier alpha value is -0.0800. The number of methoxy groups -OCH3 is 1. The van der Waals surface area contributed by atoms with E-state index in [1.807, 2.05) is 0 Å². The number of hydrogen-bond donors (Lipinski definition) is 0. The second kappa shape index (κ2) is 5.55. The van der Waals surface area contributed by atoms with Gasteiger partial charge < -0.3 is 9.64 Å². The van der Waals surface area contributed by atoms with Crippen molar-refractivity contribution < 1.29 is 4.74 Å². The maximum absolute atomic E-state index is 5.07. The summed E-state index contributed by atoms with van der Waals surface area (Å²) in [5.41, 5.74) is 0. The third-order valence-electron chi connectivity index (χ3n) is 2.72. The van der Waals surface area contributed by atoms with E-state index in [-0.39, 0.29) is 0 Å². The van der Waals surface area contributed by atoms with E-state index in [2.05, 4.69) is 11.8 Å². The maximum atomic E-state index is 5.07. The van der Waals surface area contributed by atoms with Crippen LogP contribution in [0.4, 0.5) is 0 Å². The van der Waals surface area contributed by atoms with Crippen molar-refractivity contribution in [3.8, 4) is 0 Å². The molecular weight excluding hydrogens is 150 g/mol. The number of hydrogen-bond acceptors (Lipinski definition) is 2. The fraction of sp³-hybridized carbons (Fsp3) is 1.00. The van der Waals surface area contributed by atoms with Crippen LogP contribution in [0.2, 0.25) is 0 Å². The van der Waals surface area contributed by atoms with Gasteiger partial charge in [-0.15, -0.1) is 0 Å². The number of ether oxygens (including phenoxy) is 1. The Kier molecular flexibility index (Phi) is 4.62. The molecule has 0 spiro atoms. The monoisotopic (exact) mass is 171 g/mol. The van der Waals surface area contributed by atoms with Crippen LogP contribution < -0.4 is 0 Å². The van der Waals surface area contributed by atoms with Gasteiger partial charge >= 0.3 is 0 Å². The molecule has 0 N–H and O–H groups in total. The van der Waals surface area contributed by atoms with Crippen molar-refractivity contribution in [3.63, 3.8) is 0 Å². The minimum Gasteiger partial charge on any atom is -0.383 e. The molecular formula is C10H21NO. The lowest BCUT2D eigenvalue weighted by molar-refractivity contribution is 0.149. The molecule has 0 bridgehead atoms. The minimum absolute atomic E-state index is 0.883. The third-order valence-corrected chi connectivity index (χ3v) is 2.72. The molecule has 0 aliphatic carbocycles. The molecule has 1 heterocycles. The van der Waals surface area contributed by atoms with Crippen LogP contribution in [0.3, 0.4) is 0 Å². The van der Waals surface area contributed by atoms with Gasteiger partial charge in [0.05, 0.1) is 6.61 Å². The Morgan fingerprint density at radius 2 is 2.17 bits per heavy atom. The van der Waals surface area contributed by atoms with E-state index in [4.69, 9.17) is 4.74 Å². The topological polar surface area (TPSA) is 12.5 Å². The summed E-state index contributed by atoms with van der Waals surface area (Å²) in [4.78, 5) is 2.52. The van der Waals surface area contributed by atoms with Crippen LogP contribution >= 0.6 is 0 Å². The van der Waals surface area contributed by atoms with E-state index < -0.39 is 0 Å². The molecule has 1 aliphatic heterocycles. The van der Waals surface area contributed by atoms with Crippen molar-refractivity contribution in [1.82, 2.24) is 4.90 Å². The summed E-state index contributed by atoms with van der Waals surface area (Å²) < 4.78 is 5.07. The second-order valence-corrected chi connectivity index (χ2v) is 3.87. The molecule has 1 atom stereocenters. The highest BCUT2D eigenvalue weighted by Crippen LogP contribution is 2.15. The van der Waals surface area contributed by atoms with Gasteiger partial charge in [0.15, 0.2) is 0 Å². The van der Waals surface area contributed by atoms with Gasteiger partial charge in [-0.1, -0.05) is 6.92 Å². The number of likely N-dealkylation sites (tertiary alicyclic amines) is 1. The molecule has 0 aromatic heterocycles. The van der Waals surface area contributed by atoms with Gasteiger partial charge in [-0.2, -0.15) is 0 Å². The lowest BCUT2D eigenvalue weighted by atomic mass is 10.0. The maximum Gasteiger partial charge on any atom is 0.0589 e. The van der Waals surface area contributed by atoms with Crippen molar-refractivity contribution >= 4 is 0 Å². The van der Waals surface area contributed by atoms with Gasteiger partial charge in [-0.3, -0.25) is 0 Å². The lowest BCUT2D eigenvalue weighted by Crippen LogP contribution is -2.28. The number of nitrogens with zero attached hydrogens (tertiary/aromatic N) is 1. The average molecular weight is 171 g/mol. The zero-order valence-corrected chi connectivity index (χ0v) is 8.38. The smallest absolute Gasteiger partial charge is 0.0589 e. The molecule has 1 rings (SSSR count). The van der Waals surface area contributed by atoms with Gasteiger partial charge in [0, 0.05) is 13.7 Å². The van der Waals surface area contributed by atoms with Crippen LogP contribution in [0.25, 0.3) is 0 Å². The molecule has 1 aliphatic rings. The highest BCUT2D eigenvalue weighted by molar-refractivity contribution is 4.66. The molecule has 0 radical (unpaired) electrons. The first-order valence-corrected chi connectivity index (χ1v) is 5.04. The Morgan fingerprint density at radius 3 is 2.92 bits per heavy atom. The first-order chi connectivity index (χ1) is 5.83. The van der Waals surface area contributed by atoms with Crippen molar-refractivity contribution in [1.29, 1.82) is 0 Å². The van der Waals surface area contributed by atoms with E-state index in [0.717, 1.165) is 19.1 Å². The average Bonchev–Trinajstić information content (AvgIpc) is 2.27. The van der Waals surface area contributed by atoms with Gasteiger partial charge in [0.1, 0.15) is 0 Å². The lowest BCUT2D eigenvalue weighted by Gasteiger charge is -2.18. The predicted molar refractivity (Wildman–Crippen MR) is 51.3 cm³/mol. The van der Waals surface area contributed by atoms with Crippen LogP contribution in [-0.4, -0.2) is 38.3 Å². The Balaban J connectivity index is 2.17. The van der Waals surface area contributed by atoms with Crippen LogP contribution in [0.1, 0.15) is 26.2 Å². The Morgan fingerprint density at radius 1 is 1.33 bits per heavy atom. The third kappa shape index (κ3) is 3.55. The fourth-order valence-electron chi connectivity index (χ4n) is 1.77. The molecule has 0 amide bonds. The molecule has 1 unspecified atom stereocenters. The van der Waals surface area contributed by atoms with E-state index in [9.17, 15) is 0 Å². The summed E-state index contributed by atoms with van der Waals surface area (Å²) in [6.07, 6.45) is 4.14. The van der Waals surface area contributed by atoms with Crippen molar-refractivity contribution in [2.45, 2.75) is 26.2 Å². The summed E-state index contributed by atoms with van der Waals surface area (Å²) in [5.74, 6) is 0.928. The molecule has 1 saturated heterocycles. The fourth-order valence-corrected chi connectivity index (χ4v) is 1.77. The Labute approximate surface area is 75.9 Å². The quantitative estimate of drug-likeness (QED) is 0.641. The summed E-state index contributed by atoms with van der Waals surface area (Å²) in [6.45, 7) is 6.90. The molecule has 72 valence electrons. The first kappa shape index (κ1) is 10.0. The van der Waals surface area contributed by atoms with E-state index in [0.29, 0.717) is 0 Å². The van der Waals surface area contributed by atoms with Crippen molar-refractivity contribution in [2.75, 3.05) is 33.4 Å². The van der Waals surface area contributed by atoms with Crippen LogP contribution in [0.15, 0.2) is 0 Å². The number of rotatable bonds is 3. The minimum atomic E-state index is 0.883. The zero-order chi connectivity index (χ0) is 8.81. The predicted octanol–water partition coefficient (Wildman–Crippen LogP) is 1.75. The van der Waals surface area contributed by atoms with Gasteiger partial charge in [-0.05, 0) is 38.3 Å². The summed E-state index contributed by atoms with van der Waals surface area (Å²) in [6, 6.07) is 0. The molecule has 0 aromatic carbocycles. The molecule has 2 nitrogen and oxygen atoms in total. The zero-order valence-electron chi connectivity index (χ0n) is 8.38. The highest BCUT2D eigenvalue weighted by Gasteiger charge is 2.12. The first-order valence-electron chi connectivity index (χ1n) is 5.04. The molecule has 0 saturated carbocycles. The molecule has 12 heavy (non-hydrogen) atoms. The summed E-state index contributed by atoms with van der Waals surface area (Å²) >= 11 is 0. The second-order valence-electron chi connectivity index (χ2n) is 3.87. The highest BCUT2D eigenvalue weighted by atomic mass is 16.5. The van der Waals surface area contributed by atoms with Gasteiger partial charge in [0.25, 0.3) is 0 Å². The largest absolute Gasteiger partial charge is 0.383 e. The molecule has 1 fully saturated rings. The van der Waals surface area contributed by atoms with E-state index in [1.54, 1.807) is 7.11 Å². The van der Waals surface area contributed by atoms with Crippen LogP contribution in [0.5, 0.6) is 0 Å². The van der Waals surface area contributed by atoms with Crippen LogP contribution in [0, 0.1) is 5.92 Å².